The zero-order valence-corrected chi connectivity index (χ0v) is 14.2. The molecule has 0 aliphatic rings. The molecule has 1 heterocycles. The van der Waals surface area contributed by atoms with Gasteiger partial charge in [-0.15, -0.1) is 0 Å². The molecule has 5 nitrogen and oxygen atoms in total. The second kappa shape index (κ2) is 6.07. The summed E-state index contributed by atoms with van der Waals surface area (Å²) in [7, 11) is 0. The Morgan fingerprint density at radius 3 is 2.48 bits per heavy atom. The molecule has 0 radical (unpaired) electrons. The topological polar surface area (TPSA) is 79.5 Å². The van der Waals surface area contributed by atoms with Gasteiger partial charge in [-0.25, -0.2) is 0 Å². The Hall–Kier alpha value is -2.30. The first-order chi connectivity index (χ1) is 10.7. The molecule has 0 saturated carbocycles. The van der Waals surface area contributed by atoms with E-state index in [0.717, 1.165) is 16.5 Å². The average Bonchev–Trinajstić information content (AvgIpc) is 2.77. The van der Waals surface area contributed by atoms with Crippen LogP contribution in [0.3, 0.4) is 0 Å². The molecule has 124 valence electrons. The lowest BCUT2D eigenvalue weighted by molar-refractivity contribution is -0.138. The Labute approximate surface area is 135 Å². The molecule has 2 aromatic rings. The van der Waals surface area contributed by atoms with Gasteiger partial charge in [0.25, 0.3) is 5.91 Å². The van der Waals surface area contributed by atoms with Crippen molar-refractivity contribution in [2.75, 3.05) is 0 Å². The van der Waals surface area contributed by atoms with Gasteiger partial charge in [0.15, 0.2) is 5.76 Å². The van der Waals surface area contributed by atoms with Gasteiger partial charge >= 0.3 is 5.97 Å². The van der Waals surface area contributed by atoms with Crippen LogP contribution in [0.4, 0.5) is 0 Å². The highest BCUT2D eigenvalue weighted by atomic mass is 16.4. The van der Waals surface area contributed by atoms with E-state index < -0.39 is 11.5 Å². The highest BCUT2D eigenvalue weighted by molar-refractivity contribution is 6.00. The fraction of sp³-hybridized carbons (Fsp3) is 0.444. The predicted octanol–water partition coefficient (Wildman–Crippen LogP) is 3.67. The van der Waals surface area contributed by atoms with Crippen molar-refractivity contribution < 1.29 is 19.1 Å². The number of rotatable bonds is 5. The normalized spacial score (nSPS) is 14.0. The molecule has 0 aliphatic carbocycles. The largest absolute Gasteiger partial charge is 0.481 e. The van der Waals surface area contributed by atoms with E-state index in [-0.39, 0.29) is 24.0 Å². The summed E-state index contributed by atoms with van der Waals surface area (Å²) in [6.45, 7) is 9.28. The number of amides is 1. The number of benzene rings is 1. The molecule has 0 fully saturated rings. The van der Waals surface area contributed by atoms with E-state index >= 15 is 0 Å². The van der Waals surface area contributed by atoms with Crippen molar-refractivity contribution in [2.24, 2.45) is 5.92 Å². The maximum Gasteiger partial charge on any atom is 0.305 e. The molecular weight excluding hydrogens is 294 g/mol. The molecule has 0 saturated heterocycles. The number of para-hydroxylation sites is 1. The first-order valence-electron chi connectivity index (χ1n) is 7.68. The summed E-state index contributed by atoms with van der Waals surface area (Å²) < 4.78 is 5.76. The highest BCUT2D eigenvalue weighted by Crippen LogP contribution is 2.29. The van der Waals surface area contributed by atoms with Gasteiger partial charge < -0.3 is 14.8 Å². The van der Waals surface area contributed by atoms with E-state index in [0.29, 0.717) is 5.58 Å². The fourth-order valence-corrected chi connectivity index (χ4v) is 2.62. The molecule has 1 aromatic carbocycles. The van der Waals surface area contributed by atoms with Gasteiger partial charge in [-0.3, -0.25) is 9.59 Å². The van der Waals surface area contributed by atoms with Crippen LogP contribution in [0.25, 0.3) is 11.0 Å². The second-order valence-corrected chi connectivity index (χ2v) is 6.60. The number of aliphatic carboxylic acids is 1. The van der Waals surface area contributed by atoms with Crippen LogP contribution in [0.2, 0.25) is 0 Å². The number of nitrogens with one attached hydrogen (secondary N) is 1. The molecule has 1 aromatic heterocycles. The monoisotopic (exact) mass is 317 g/mol. The van der Waals surface area contributed by atoms with Gasteiger partial charge in [0.2, 0.25) is 0 Å². The van der Waals surface area contributed by atoms with Crippen molar-refractivity contribution >= 4 is 22.8 Å². The summed E-state index contributed by atoms with van der Waals surface area (Å²) in [4.78, 5) is 23.8. The van der Waals surface area contributed by atoms with Crippen molar-refractivity contribution in [1.82, 2.24) is 5.32 Å². The Bertz CT molecular complexity index is 760. The number of furan rings is 1. The van der Waals surface area contributed by atoms with Gasteiger partial charge in [-0.05, 0) is 32.3 Å². The molecule has 2 N–H and O–H groups in total. The van der Waals surface area contributed by atoms with Crippen molar-refractivity contribution in [1.29, 1.82) is 0 Å². The van der Waals surface area contributed by atoms with Crippen LogP contribution in [0.5, 0.6) is 0 Å². The maximum atomic E-state index is 12.7. The van der Waals surface area contributed by atoms with Crippen molar-refractivity contribution in [3.8, 4) is 0 Å². The summed E-state index contributed by atoms with van der Waals surface area (Å²) in [6.07, 6.45) is -0.144. The zero-order valence-electron chi connectivity index (χ0n) is 14.2. The Morgan fingerprint density at radius 2 is 1.96 bits per heavy atom. The molecule has 0 bridgehead atoms. The number of carboxylic acid groups (broad SMARTS) is 1. The summed E-state index contributed by atoms with van der Waals surface area (Å²) in [5, 5.41) is 12.9. The molecule has 23 heavy (non-hydrogen) atoms. The Balaban J connectivity index is 2.39. The highest BCUT2D eigenvalue weighted by Gasteiger charge is 2.34. The van der Waals surface area contributed by atoms with Gasteiger partial charge in [-0.1, -0.05) is 32.0 Å². The van der Waals surface area contributed by atoms with E-state index in [4.69, 9.17) is 9.52 Å². The number of hydrogen-bond donors (Lipinski definition) is 2. The molecule has 5 heteroatoms. The SMILES string of the molecule is Cc1c(C(=O)NC(C)(CC(=O)O)C(C)C)oc2c(C)cccc12. The molecule has 0 aliphatic heterocycles. The number of carbonyl (C=O) groups excluding carboxylic acids is 1. The van der Waals surface area contributed by atoms with E-state index in [9.17, 15) is 9.59 Å². The minimum atomic E-state index is -0.946. The van der Waals surface area contributed by atoms with Crippen LogP contribution < -0.4 is 5.32 Å². The van der Waals surface area contributed by atoms with Crippen LogP contribution >= 0.6 is 0 Å². The Kier molecular flexibility index (Phi) is 4.50. The smallest absolute Gasteiger partial charge is 0.305 e. The summed E-state index contributed by atoms with van der Waals surface area (Å²) in [5.74, 6) is -1.12. The average molecular weight is 317 g/mol. The molecule has 1 unspecified atom stereocenters. The number of aryl methyl sites for hydroxylation is 2. The van der Waals surface area contributed by atoms with Crippen LogP contribution in [0, 0.1) is 19.8 Å². The summed E-state index contributed by atoms with van der Waals surface area (Å²) >= 11 is 0. The summed E-state index contributed by atoms with van der Waals surface area (Å²) in [6, 6.07) is 5.76. The van der Waals surface area contributed by atoms with E-state index in [1.54, 1.807) is 6.92 Å². The number of carbonyl (C=O) groups is 2. The molecule has 0 spiro atoms. The molecule has 2 rings (SSSR count). The fourth-order valence-electron chi connectivity index (χ4n) is 2.62. The standard InChI is InChI=1S/C18H23NO4/c1-10(2)18(5,9-14(20)21)19-17(22)16-12(4)13-8-6-7-11(3)15(13)23-16/h6-8,10H,9H2,1-5H3,(H,19,22)(H,20,21). The summed E-state index contributed by atoms with van der Waals surface area (Å²) in [5.41, 5.74) is 1.58. The third-order valence-corrected chi connectivity index (χ3v) is 4.56. The van der Waals surface area contributed by atoms with Crippen LogP contribution in [-0.4, -0.2) is 22.5 Å². The number of hydrogen-bond acceptors (Lipinski definition) is 3. The number of carboxylic acids is 1. The van der Waals surface area contributed by atoms with E-state index in [1.165, 1.54) is 0 Å². The lowest BCUT2D eigenvalue weighted by Crippen LogP contribution is -2.51. The molecule has 1 amide bonds. The van der Waals surface area contributed by atoms with Crippen molar-refractivity contribution in [2.45, 2.75) is 46.6 Å². The van der Waals surface area contributed by atoms with Crippen molar-refractivity contribution in [3.05, 3.63) is 35.1 Å². The Morgan fingerprint density at radius 1 is 1.30 bits per heavy atom. The quantitative estimate of drug-likeness (QED) is 0.882. The zero-order chi connectivity index (χ0) is 17.4. The van der Waals surface area contributed by atoms with Crippen LogP contribution in [0.1, 0.15) is 48.9 Å². The second-order valence-electron chi connectivity index (χ2n) is 6.60. The lowest BCUT2D eigenvalue weighted by Gasteiger charge is -2.33. The van der Waals surface area contributed by atoms with Crippen molar-refractivity contribution in [3.63, 3.8) is 0 Å². The first-order valence-corrected chi connectivity index (χ1v) is 7.68. The minimum absolute atomic E-state index is 0.0334. The van der Waals surface area contributed by atoms with Crippen LogP contribution in [-0.2, 0) is 4.79 Å². The molecular formula is C18H23NO4. The molecule has 1 atom stereocenters. The third kappa shape index (κ3) is 3.23. The van der Waals surface area contributed by atoms with Gasteiger partial charge in [0, 0.05) is 10.9 Å². The van der Waals surface area contributed by atoms with Crippen LogP contribution in [0.15, 0.2) is 22.6 Å². The predicted molar refractivity (Wildman–Crippen MR) is 88.7 cm³/mol. The third-order valence-electron chi connectivity index (χ3n) is 4.56. The first kappa shape index (κ1) is 17.1. The number of fused-ring (bicyclic) bond motifs is 1. The van der Waals surface area contributed by atoms with Gasteiger partial charge in [0.05, 0.1) is 12.0 Å². The maximum absolute atomic E-state index is 12.7. The lowest BCUT2D eigenvalue weighted by atomic mass is 9.85. The van der Waals surface area contributed by atoms with E-state index in [2.05, 4.69) is 5.32 Å². The van der Waals surface area contributed by atoms with E-state index in [1.807, 2.05) is 45.9 Å². The van der Waals surface area contributed by atoms with Gasteiger partial charge in [0.1, 0.15) is 5.58 Å². The van der Waals surface area contributed by atoms with Gasteiger partial charge in [-0.2, -0.15) is 0 Å². The minimum Gasteiger partial charge on any atom is -0.481 e.